The Kier molecular flexibility index (Phi) is 3.52. The Labute approximate surface area is 104 Å². The van der Waals surface area contributed by atoms with Gasteiger partial charge in [0.2, 0.25) is 0 Å². The molecule has 2 rings (SSSR count). The first-order chi connectivity index (χ1) is 7.55. The highest BCUT2D eigenvalue weighted by molar-refractivity contribution is 9.10. The summed E-state index contributed by atoms with van der Waals surface area (Å²) in [5.74, 6) is 0.877. The quantitative estimate of drug-likeness (QED) is 0.917. The summed E-state index contributed by atoms with van der Waals surface area (Å²) < 4.78 is 6.63. The van der Waals surface area contributed by atoms with Gasteiger partial charge in [0.1, 0.15) is 12.4 Å². The predicted octanol–water partition coefficient (Wildman–Crippen LogP) is 1.89. The Morgan fingerprint density at radius 3 is 2.88 bits per heavy atom. The van der Waals surface area contributed by atoms with Crippen LogP contribution in [0.3, 0.4) is 0 Å². The minimum atomic E-state index is -0.490. The van der Waals surface area contributed by atoms with Crippen LogP contribution in [0.4, 0.5) is 0 Å². The number of ether oxygens (including phenoxy) is 1. The molecule has 0 aliphatic carbocycles. The average Bonchev–Trinajstić information content (AvgIpc) is 2.15. The van der Waals surface area contributed by atoms with Gasteiger partial charge in [-0.25, -0.2) is 0 Å². The van der Waals surface area contributed by atoms with Crippen LogP contribution in [0.2, 0.25) is 0 Å². The molecule has 1 aromatic rings. The second kappa shape index (κ2) is 4.73. The van der Waals surface area contributed by atoms with Gasteiger partial charge in [0.15, 0.2) is 0 Å². The van der Waals surface area contributed by atoms with E-state index in [0.717, 1.165) is 29.9 Å². The lowest BCUT2D eigenvalue weighted by Crippen LogP contribution is -2.60. The van der Waals surface area contributed by atoms with Gasteiger partial charge >= 0.3 is 0 Å². The molecule has 0 unspecified atom stereocenters. The number of hydrogen-bond donors (Lipinski definition) is 1. The van der Waals surface area contributed by atoms with Crippen molar-refractivity contribution in [3.8, 4) is 5.75 Å². The van der Waals surface area contributed by atoms with Gasteiger partial charge in [0, 0.05) is 24.1 Å². The van der Waals surface area contributed by atoms with Gasteiger partial charge in [-0.1, -0.05) is 22.0 Å². The van der Waals surface area contributed by atoms with Gasteiger partial charge in [-0.2, -0.15) is 0 Å². The molecule has 1 fully saturated rings. The molecular weight excluding hydrogens is 270 g/mol. The Bertz CT molecular complexity index is 360. The molecule has 0 saturated carbocycles. The third-order valence-corrected chi connectivity index (χ3v) is 3.09. The van der Waals surface area contributed by atoms with E-state index >= 15 is 0 Å². The molecule has 0 amide bonds. The van der Waals surface area contributed by atoms with Crippen LogP contribution in [0.25, 0.3) is 0 Å². The molecule has 3 nitrogen and oxygen atoms in total. The molecular formula is C12H16BrNO2. The second-order valence-corrected chi connectivity index (χ2v) is 5.43. The van der Waals surface area contributed by atoms with Crippen molar-refractivity contribution in [2.45, 2.75) is 12.5 Å². The van der Waals surface area contributed by atoms with Crippen molar-refractivity contribution in [2.24, 2.45) is 0 Å². The minimum Gasteiger partial charge on any atom is -0.492 e. The van der Waals surface area contributed by atoms with Crippen LogP contribution in [0.1, 0.15) is 6.92 Å². The van der Waals surface area contributed by atoms with Crippen LogP contribution in [0.15, 0.2) is 28.7 Å². The van der Waals surface area contributed by atoms with Gasteiger partial charge < -0.3 is 9.84 Å². The molecule has 1 aromatic carbocycles. The Morgan fingerprint density at radius 1 is 1.50 bits per heavy atom. The fourth-order valence-corrected chi connectivity index (χ4v) is 2.30. The maximum atomic E-state index is 9.55. The Morgan fingerprint density at radius 2 is 2.25 bits per heavy atom. The monoisotopic (exact) mass is 285 g/mol. The van der Waals surface area contributed by atoms with Crippen LogP contribution in [0.5, 0.6) is 5.75 Å². The fourth-order valence-electron chi connectivity index (χ4n) is 1.92. The summed E-state index contributed by atoms with van der Waals surface area (Å²) in [5.41, 5.74) is -0.490. The highest BCUT2D eigenvalue weighted by Gasteiger charge is 2.35. The Balaban J connectivity index is 1.69. The van der Waals surface area contributed by atoms with Crippen molar-refractivity contribution in [2.75, 3.05) is 26.2 Å². The van der Waals surface area contributed by atoms with E-state index in [1.807, 2.05) is 31.2 Å². The van der Waals surface area contributed by atoms with Crippen molar-refractivity contribution < 1.29 is 9.84 Å². The predicted molar refractivity (Wildman–Crippen MR) is 66.7 cm³/mol. The van der Waals surface area contributed by atoms with Gasteiger partial charge in [-0.05, 0) is 25.1 Å². The maximum absolute atomic E-state index is 9.55. The second-order valence-electron chi connectivity index (χ2n) is 4.51. The number of likely N-dealkylation sites (tertiary alicyclic amines) is 1. The van der Waals surface area contributed by atoms with E-state index in [1.54, 1.807) is 0 Å². The van der Waals surface area contributed by atoms with Crippen LogP contribution in [-0.2, 0) is 0 Å². The molecule has 0 aromatic heterocycles. The first-order valence-corrected chi connectivity index (χ1v) is 6.18. The van der Waals surface area contributed by atoms with E-state index in [4.69, 9.17) is 4.74 Å². The fraction of sp³-hybridized carbons (Fsp3) is 0.500. The lowest BCUT2D eigenvalue weighted by Gasteiger charge is -2.44. The number of β-amino-alcohol motifs (C(OH)–C–C–N with tert-alkyl or cyclic N) is 1. The molecule has 0 spiro atoms. The number of rotatable bonds is 4. The molecule has 0 atom stereocenters. The van der Waals surface area contributed by atoms with Gasteiger partial charge in [0.05, 0.1) is 5.60 Å². The van der Waals surface area contributed by atoms with E-state index in [-0.39, 0.29) is 0 Å². The highest BCUT2D eigenvalue weighted by Crippen LogP contribution is 2.20. The number of halogens is 1. The molecule has 0 radical (unpaired) electrons. The lowest BCUT2D eigenvalue weighted by molar-refractivity contribution is -0.0859. The maximum Gasteiger partial charge on any atom is 0.120 e. The minimum absolute atomic E-state index is 0.490. The molecule has 4 heteroatoms. The SMILES string of the molecule is CC1(O)CN(CCOc2cccc(Br)c2)C1. The smallest absolute Gasteiger partial charge is 0.120 e. The molecule has 1 saturated heterocycles. The summed E-state index contributed by atoms with van der Waals surface area (Å²) >= 11 is 3.40. The molecule has 1 N–H and O–H groups in total. The number of aliphatic hydroxyl groups is 1. The first-order valence-electron chi connectivity index (χ1n) is 5.38. The zero-order valence-electron chi connectivity index (χ0n) is 9.32. The molecule has 88 valence electrons. The number of hydrogen-bond acceptors (Lipinski definition) is 3. The van der Waals surface area contributed by atoms with Crippen molar-refractivity contribution in [3.63, 3.8) is 0 Å². The average molecular weight is 286 g/mol. The van der Waals surface area contributed by atoms with E-state index in [9.17, 15) is 5.11 Å². The van der Waals surface area contributed by atoms with Crippen molar-refractivity contribution >= 4 is 15.9 Å². The van der Waals surface area contributed by atoms with Gasteiger partial charge in [0.25, 0.3) is 0 Å². The third-order valence-electron chi connectivity index (χ3n) is 2.60. The molecule has 16 heavy (non-hydrogen) atoms. The van der Waals surface area contributed by atoms with Crippen molar-refractivity contribution in [1.29, 1.82) is 0 Å². The molecule has 1 heterocycles. The van der Waals surface area contributed by atoms with Crippen molar-refractivity contribution in [3.05, 3.63) is 28.7 Å². The standard InChI is InChI=1S/C12H16BrNO2/c1-12(15)8-14(9-12)5-6-16-11-4-2-3-10(13)7-11/h2-4,7,15H,5-6,8-9H2,1H3. The van der Waals surface area contributed by atoms with E-state index < -0.39 is 5.60 Å². The normalized spacial score (nSPS) is 19.2. The zero-order chi connectivity index (χ0) is 11.6. The highest BCUT2D eigenvalue weighted by atomic mass is 79.9. The van der Waals surface area contributed by atoms with Crippen LogP contribution < -0.4 is 4.74 Å². The zero-order valence-corrected chi connectivity index (χ0v) is 10.9. The van der Waals surface area contributed by atoms with E-state index in [2.05, 4.69) is 20.8 Å². The van der Waals surface area contributed by atoms with E-state index in [1.165, 1.54) is 0 Å². The molecule has 1 aliphatic heterocycles. The number of benzene rings is 1. The molecule has 1 aliphatic rings. The summed E-state index contributed by atoms with van der Waals surface area (Å²) in [4.78, 5) is 2.18. The van der Waals surface area contributed by atoms with Gasteiger partial charge in [-0.3, -0.25) is 4.90 Å². The van der Waals surface area contributed by atoms with E-state index in [0.29, 0.717) is 6.61 Å². The Hall–Kier alpha value is -0.580. The third kappa shape index (κ3) is 3.20. The lowest BCUT2D eigenvalue weighted by atomic mass is 9.97. The number of nitrogens with zero attached hydrogens (tertiary/aromatic N) is 1. The van der Waals surface area contributed by atoms with Crippen molar-refractivity contribution in [1.82, 2.24) is 4.90 Å². The van der Waals surface area contributed by atoms with Crippen LogP contribution in [-0.4, -0.2) is 41.8 Å². The summed E-state index contributed by atoms with van der Waals surface area (Å²) in [6.45, 7) is 4.87. The van der Waals surface area contributed by atoms with Crippen LogP contribution in [0, 0.1) is 0 Å². The largest absolute Gasteiger partial charge is 0.492 e. The topological polar surface area (TPSA) is 32.7 Å². The summed E-state index contributed by atoms with van der Waals surface area (Å²) in [7, 11) is 0. The molecule has 0 bridgehead atoms. The van der Waals surface area contributed by atoms with Crippen LogP contribution >= 0.6 is 15.9 Å². The summed E-state index contributed by atoms with van der Waals surface area (Å²) in [6.07, 6.45) is 0. The summed E-state index contributed by atoms with van der Waals surface area (Å²) in [6, 6.07) is 7.82. The summed E-state index contributed by atoms with van der Waals surface area (Å²) in [5, 5.41) is 9.55. The van der Waals surface area contributed by atoms with Gasteiger partial charge in [-0.15, -0.1) is 0 Å². The first kappa shape index (κ1) is 11.9.